The maximum absolute atomic E-state index is 12.5. The highest BCUT2D eigenvalue weighted by Gasteiger charge is 2.22. The molecule has 0 aromatic carbocycles. The second-order valence-corrected chi connectivity index (χ2v) is 9.09. The van der Waals surface area contributed by atoms with Gasteiger partial charge in [0.05, 0.1) is 18.2 Å². The summed E-state index contributed by atoms with van der Waals surface area (Å²) in [7, 11) is 0. The smallest absolute Gasteiger partial charge is 0.348 e. The predicted molar refractivity (Wildman–Crippen MR) is 123 cm³/mol. The van der Waals surface area contributed by atoms with Gasteiger partial charge in [-0.05, 0) is 32.4 Å². The summed E-state index contributed by atoms with van der Waals surface area (Å²) in [6, 6.07) is 3.84. The second-order valence-electron chi connectivity index (χ2n) is 8.04. The van der Waals surface area contributed by atoms with E-state index in [1.165, 1.54) is 11.3 Å². The Labute approximate surface area is 187 Å². The number of aromatic nitrogens is 2. The normalized spacial score (nSPS) is 14.7. The van der Waals surface area contributed by atoms with Crippen molar-refractivity contribution < 1.29 is 14.3 Å². The van der Waals surface area contributed by atoms with Gasteiger partial charge in [0.1, 0.15) is 16.5 Å². The molecule has 1 amide bonds. The Morgan fingerprint density at radius 1 is 1.16 bits per heavy atom. The monoisotopic (exact) mass is 445 g/mol. The average molecular weight is 446 g/mol. The summed E-state index contributed by atoms with van der Waals surface area (Å²) in [5, 5.41) is 3.58. The first-order valence-electron chi connectivity index (χ1n) is 10.7. The lowest BCUT2D eigenvalue weighted by atomic mass is 10.2. The van der Waals surface area contributed by atoms with Crippen LogP contribution in [0.1, 0.15) is 53.4 Å². The van der Waals surface area contributed by atoms with Crippen molar-refractivity contribution in [3.63, 3.8) is 0 Å². The van der Waals surface area contributed by atoms with Crippen molar-refractivity contribution in [1.82, 2.24) is 14.9 Å². The first-order valence-corrected chi connectivity index (χ1v) is 11.5. The lowest BCUT2D eigenvalue weighted by molar-refractivity contribution is -0.117. The molecule has 2 aromatic heterocycles. The van der Waals surface area contributed by atoms with E-state index in [-0.39, 0.29) is 17.8 Å². The summed E-state index contributed by atoms with van der Waals surface area (Å²) < 4.78 is 5.06. The number of thiophene rings is 1. The molecule has 9 heteroatoms. The van der Waals surface area contributed by atoms with E-state index in [0.29, 0.717) is 23.0 Å². The molecule has 0 radical (unpaired) electrons. The minimum atomic E-state index is -0.345. The summed E-state index contributed by atoms with van der Waals surface area (Å²) in [5.41, 5.74) is 1.79. The number of esters is 1. The fraction of sp³-hybridized carbons (Fsp3) is 0.545. The molecule has 0 bridgehead atoms. The van der Waals surface area contributed by atoms with Gasteiger partial charge in [-0.1, -0.05) is 13.8 Å². The van der Waals surface area contributed by atoms with Crippen LogP contribution in [0.4, 0.5) is 10.8 Å². The third-order valence-electron chi connectivity index (χ3n) is 5.08. The number of rotatable bonds is 7. The van der Waals surface area contributed by atoms with Crippen LogP contribution in [0.3, 0.4) is 0 Å². The molecule has 0 saturated carbocycles. The minimum Gasteiger partial charge on any atom is -0.462 e. The summed E-state index contributed by atoms with van der Waals surface area (Å²) in [6.07, 6.45) is 0. The highest BCUT2D eigenvalue weighted by atomic mass is 32.1. The van der Waals surface area contributed by atoms with Crippen molar-refractivity contribution in [3.8, 4) is 0 Å². The lowest BCUT2D eigenvalue weighted by Gasteiger charge is -2.35. The van der Waals surface area contributed by atoms with Crippen molar-refractivity contribution in [1.29, 1.82) is 0 Å². The molecule has 31 heavy (non-hydrogen) atoms. The van der Waals surface area contributed by atoms with E-state index < -0.39 is 0 Å². The number of amides is 1. The van der Waals surface area contributed by atoms with Gasteiger partial charge in [-0.2, -0.15) is 0 Å². The van der Waals surface area contributed by atoms with Crippen molar-refractivity contribution in [2.75, 3.05) is 49.5 Å². The Kier molecular flexibility index (Phi) is 7.61. The molecule has 168 valence electrons. The van der Waals surface area contributed by atoms with Crippen LogP contribution in [0.15, 0.2) is 12.1 Å². The number of ether oxygens (including phenoxy) is 1. The Hall–Kier alpha value is -2.52. The SMILES string of the molecule is CCOC(=O)c1sc(NC(=O)CN2CCN(c3cc(C)nc(C(C)C)n3)CC2)cc1C. The van der Waals surface area contributed by atoms with E-state index >= 15 is 0 Å². The highest BCUT2D eigenvalue weighted by Crippen LogP contribution is 2.27. The summed E-state index contributed by atoms with van der Waals surface area (Å²) in [4.78, 5) is 38.6. The number of hydrogen-bond donors (Lipinski definition) is 1. The number of nitrogens with zero attached hydrogens (tertiary/aromatic N) is 4. The summed E-state index contributed by atoms with van der Waals surface area (Å²) in [6.45, 7) is 13.7. The molecule has 1 aliphatic heterocycles. The van der Waals surface area contributed by atoms with E-state index in [1.807, 2.05) is 26.0 Å². The van der Waals surface area contributed by atoms with Crippen LogP contribution in [0.5, 0.6) is 0 Å². The van der Waals surface area contributed by atoms with Gasteiger partial charge in [0.15, 0.2) is 0 Å². The first kappa shape index (κ1) is 23.1. The molecule has 2 aromatic rings. The Morgan fingerprint density at radius 2 is 1.87 bits per heavy atom. The van der Waals surface area contributed by atoms with Crippen LogP contribution in [-0.4, -0.2) is 66.1 Å². The molecular weight excluding hydrogens is 414 g/mol. The highest BCUT2D eigenvalue weighted by molar-refractivity contribution is 7.18. The second kappa shape index (κ2) is 10.2. The van der Waals surface area contributed by atoms with Crippen LogP contribution in [0.2, 0.25) is 0 Å². The molecule has 3 heterocycles. The molecule has 0 spiro atoms. The molecule has 1 aliphatic rings. The van der Waals surface area contributed by atoms with Crippen LogP contribution in [0, 0.1) is 13.8 Å². The molecule has 1 N–H and O–H groups in total. The molecule has 8 nitrogen and oxygen atoms in total. The molecule has 3 rings (SSSR count). The van der Waals surface area contributed by atoms with Gasteiger partial charge >= 0.3 is 5.97 Å². The zero-order valence-corrected chi connectivity index (χ0v) is 19.7. The van der Waals surface area contributed by atoms with Crippen molar-refractivity contribution >= 4 is 34.0 Å². The maximum atomic E-state index is 12.5. The van der Waals surface area contributed by atoms with Crippen LogP contribution >= 0.6 is 11.3 Å². The van der Waals surface area contributed by atoms with Crippen molar-refractivity contribution in [3.05, 3.63) is 34.1 Å². The number of nitrogens with one attached hydrogen (secondary N) is 1. The number of anilines is 2. The third-order valence-corrected chi connectivity index (χ3v) is 6.21. The van der Waals surface area contributed by atoms with Crippen molar-refractivity contribution in [2.45, 2.75) is 40.5 Å². The number of piperazine rings is 1. The fourth-order valence-corrected chi connectivity index (χ4v) is 4.44. The van der Waals surface area contributed by atoms with E-state index in [4.69, 9.17) is 9.72 Å². The van der Waals surface area contributed by atoms with E-state index in [0.717, 1.165) is 49.1 Å². The third kappa shape index (κ3) is 6.01. The number of aryl methyl sites for hydroxylation is 2. The van der Waals surface area contributed by atoms with E-state index in [1.54, 1.807) is 6.92 Å². The van der Waals surface area contributed by atoms with Gasteiger partial charge in [-0.15, -0.1) is 11.3 Å². The van der Waals surface area contributed by atoms with Crippen molar-refractivity contribution in [2.24, 2.45) is 0 Å². The Morgan fingerprint density at radius 3 is 2.52 bits per heavy atom. The van der Waals surface area contributed by atoms with Crippen LogP contribution < -0.4 is 10.2 Å². The molecular formula is C22H31N5O3S. The Balaban J connectivity index is 1.53. The predicted octanol–water partition coefficient (Wildman–Crippen LogP) is 3.22. The Bertz CT molecular complexity index is 935. The van der Waals surface area contributed by atoms with Gasteiger partial charge < -0.3 is 15.0 Å². The summed E-state index contributed by atoms with van der Waals surface area (Å²) in [5.74, 6) is 1.69. The maximum Gasteiger partial charge on any atom is 0.348 e. The van der Waals surface area contributed by atoms with Gasteiger partial charge in [0, 0.05) is 43.9 Å². The van der Waals surface area contributed by atoms with E-state index in [9.17, 15) is 9.59 Å². The topological polar surface area (TPSA) is 87.7 Å². The molecule has 1 fully saturated rings. The number of carbonyl (C=O) groups is 2. The standard InChI is InChI=1S/C22H31N5O3S/c1-6-30-22(29)20-15(4)11-19(31-20)25-18(28)13-26-7-9-27(10-8-26)17-12-16(5)23-21(24-17)14(2)3/h11-12,14H,6-10,13H2,1-5H3,(H,25,28). The van der Waals surface area contributed by atoms with E-state index in [2.05, 4.69) is 33.9 Å². The zero-order chi connectivity index (χ0) is 22.5. The molecule has 0 unspecified atom stereocenters. The van der Waals surface area contributed by atoms with Gasteiger partial charge in [0.25, 0.3) is 0 Å². The average Bonchev–Trinajstić information content (AvgIpc) is 3.08. The number of hydrogen-bond acceptors (Lipinski definition) is 8. The molecule has 1 saturated heterocycles. The molecule has 0 atom stereocenters. The number of carbonyl (C=O) groups excluding carboxylic acids is 2. The van der Waals surface area contributed by atoms with Gasteiger partial charge in [-0.3, -0.25) is 9.69 Å². The fourth-order valence-electron chi connectivity index (χ4n) is 3.45. The first-order chi connectivity index (χ1) is 14.8. The van der Waals surface area contributed by atoms with Crippen LogP contribution in [0.25, 0.3) is 0 Å². The minimum absolute atomic E-state index is 0.0786. The largest absolute Gasteiger partial charge is 0.462 e. The quantitative estimate of drug-likeness (QED) is 0.655. The van der Waals surface area contributed by atoms with Gasteiger partial charge in [0.2, 0.25) is 5.91 Å². The summed E-state index contributed by atoms with van der Waals surface area (Å²) >= 11 is 1.25. The zero-order valence-electron chi connectivity index (χ0n) is 18.9. The van der Waals surface area contributed by atoms with Crippen LogP contribution in [-0.2, 0) is 9.53 Å². The lowest BCUT2D eigenvalue weighted by Crippen LogP contribution is -2.49. The van der Waals surface area contributed by atoms with Gasteiger partial charge in [-0.25, -0.2) is 14.8 Å². The molecule has 0 aliphatic carbocycles.